The molecule has 2 atom stereocenters. The molecule has 0 N–H and O–H groups in total. The third-order valence-corrected chi connectivity index (χ3v) is 5.63. The molecule has 0 aromatic heterocycles. The van der Waals surface area contributed by atoms with E-state index in [2.05, 4.69) is 32.7 Å². The van der Waals surface area contributed by atoms with Crippen molar-refractivity contribution in [2.75, 3.05) is 6.66 Å². The van der Waals surface area contributed by atoms with E-state index >= 15 is 0 Å². The molecule has 1 aliphatic carbocycles. The zero-order chi connectivity index (χ0) is 12.3. The second kappa shape index (κ2) is 5.63. The molecule has 0 saturated carbocycles. The van der Waals surface area contributed by atoms with E-state index in [1.54, 1.807) is 0 Å². The van der Waals surface area contributed by atoms with E-state index in [4.69, 9.17) is 4.74 Å². The molecule has 0 saturated heterocycles. The Balaban J connectivity index is 2.75. The van der Waals surface area contributed by atoms with E-state index in [0.717, 1.165) is 6.42 Å². The highest BCUT2D eigenvalue weighted by Gasteiger charge is 2.24. The molecule has 0 fully saturated rings. The third-order valence-electron chi connectivity index (χ3n) is 2.88. The van der Waals surface area contributed by atoms with Crippen molar-refractivity contribution in [1.29, 1.82) is 0 Å². The number of ether oxygens (including phenoxy) is 1. The summed E-state index contributed by atoms with van der Waals surface area (Å²) >= 11 is 0. The van der Waals surface area contributed by atoms with Crippen LogP contribution in [0.4, 0.5) is 0 Å². The summed E-state index contributed by atoms with van der Waals surface area (Å²) in [5, 5.41) is 1.42. The Morgan fingerprint density at radius 1 is 1.38 bits per heavy atom. The monoisotopic (exact) mass is 240 g/mol. The SMILES string of the molecule is CC(=O)O[C@H](C)C1=CCC=C1P(C)C(C)C. The molecule has 0 aliphatic heterocycles. The summed E-state index contributed by atoms with van der Waals surface area (Å²) in [5.41, 5.74) is 1.89. The maximum atomic E-state index is 11.0. The molecule has 16 heavy (non-hydrogen) atoms. The highest BCUT2D eigenvalue weighted by atomic mass is 31.1. The summed E-state index contributed by atoms with van der Waals surface area (Å²) in [7, 11) is -0.136. The number of carbonyl (C=O) groups excluding carboxylic acids is 1. The third kappa shape index (κ3) is 3.18. The molecule has 1 rings (SSSR count). The fourth-order valence-electron chi connectivity index (χ4n) is 1.83. The second-order valence-electron chi connectivity index (χ2n) is 4.44. The van der Waals surface area contributed by atoms with Gasteiger partial charge < -0.3 is 4.74 Å². The van der Waals surface area contributed by atoms with E-state index in [0.29, 0.717) is 5.66 Å². The van der Waals surface area contributed by atoms with Crippen molar-refractivity contribution < 1.29 is 9.53 Å². The average Bonchev–Trinajstić information content (AvgIpc) is 2.63. The number of esters is 1. The van der Waals surface area contributed by atoms with Gasteiger partial charge in [-0.05, 0) is 36.6 Å². The summed E-state index contributed by atoms with van der Waals surface area (Å²) < 4.78 is 5.26. The summed E-state index contributed by atoms with van der Waals surface area (Å²) in [4.78, 5) is 11.0. The topological polar surface area (TPSA) is 26.3 Å². The maximum absolute atomic E-state index is 11.0. The van der Waals surface area contributed by atoms with E-state index in [9.17, 15) is 4.79 Å². The van der Waals surface area contributed by atoms with Crippen molar-refractivity contribution in [3.8, 4) is 0 Å². The average molecular weight is 240 g/mol. The Morgan fingerprint density at radius 3 is 2.50 bits per heavy atom. The van der Waals surface area contributed by atoms with Crippen molar-refractivity contribution in [1.82, 2.24) is 0 Å². The molecule has 0 amide bonds. The molecule has 3 heteroatoms. The Kier molecular flexibility index (Phi) is 4.73. The van der Waals surface area contributed by atoms with Crippen molar-refractivity contribution >= 4 is 13.9 Å². The van der Waals surface area contributed by atoms with Crippen molar-refractivity contribution in [2.24, 2.45) is 0 Å². The number of rotatable bonds is 4. The number of hydrogen-bond donors (Lipinski definition) is 0. The first-order chi connectivity index (χ1) is 7.43. The minimum atomic E-state index is -0.204. The molecule has 0 spiro atoms. The minimum Gasteiger partial charge on any atom is -0.458 e. The molecule has 0 radical (unpaired) electrons. The van der Waals surface area contributed by atoms with Crippen molar-refractivity contribution in [3.63, 3.8) is 0 Å². The summed E-state index contributed by atoms with van der Waals surface area (Å²) in [6.07, 6.45) is 5.34. The molecule has 90 valence electrons. The standard InChI is InChI=1S/C13H21O2P/c1-9(2)16(5)13-8-6-7-12(13)10(3)15-11(4)14/h7-10H,6H2,1-5H3/t10-,16?/m1/s1. The van der Waals surface area contributed by atoms with Crippen LogP contribution in [0, 0.1) is 0 Å². The first kappa shape index (κ1) is 13.4. The lowest BCUT2D eigenvalue weighted by molar-refractivity contribution is -0.143. The molecule has 1 aliphatic rings. The molecule has 0 bridgehead atoms. The van der Waals surface area contributed by atoms with E-state index in [1.807, 2.05) is 6.92 Å². The maximum Gasteiger partial charge on any atom is 0.303 e. The van der Waals surface area contributed by atoms with Crippen LogP contribution in [0.1, 0.15) is 34.1 Å². The number of allylic oxidation sites excluding steroid dienone is 2. The highest BCUT2D eigenvalue weighted by Crippen LogP contribution is 2.51. The summed E-state index contributed by atoms with van der Waals surface area (Å²) in [6, 6.07) is 0. The second-order valence-corrected chi connectivity index (χ2v) is 7.18. The Labute approximate surface area is 99.5 Å². The van der Waals surface area contributed by atoms with Gasteiger partial charge in [0.05, 0.1) is 0 Å². The normalized spacial score (nSPS) is 19.1. The Bertz CT molecular complexity index is 329. The van der Waals surface area contributed by atoms with Gasteiger partial charge in [0, 0.05) is 6.92 Å². The zero-order valence-electron chi connectivity index (χ0n) is 10.8. The molecule has 0 aromatic rings. The predicted molar refractivity (Wildman–Crippen MR) is 70.0 cm³/mol. The van der Waals surface area contributed by atoms with Crippen molar-refractivity contribution in [3.05, 3.63) is 23.0 Å². The van der Waals surface area contributed by atoms with Crippen LogP contribution < -0.4 is 0 Å². The van der Waals surface area contributed by atoms with Crippen molar-refractivity contribution in [2.45, 2.75) is 45.9 Å². The Hall–Kier alpha value is -0.620. The summed E-state index contributed by atoms with van der Waals surface area (Å²) in [5.74, 6) is -0.204. The van der Waals surface area contributed by atoms with Crippen LogP contribution in [0.5, 0.6) is 0 Å². The fourth-order valence-corrected chi connectivity index (χ4v) is 3.46. The van der Waals surface area contributed by atoms with Gasteiger partial charge in [0.1, 0.15) is 6.10 Å². The number of hydrogen-bond acceptors (Lipinski definition) is 2. The highest BCUT2D eigenvalue weighted by molar-refractivity contribution is 7.62. The van der Waals surface area contributed by atoms with Crippen LogP contribution in [0.2, 0.25) is 0 Å². The van der Waals surface area contributed by atoms with Gasteiger partial charge in [0.2, 0.25) is 0 Å². The van der Waals surface area contributed by atoms with E-state index in [-0.39, 0.29) is 20.0 Å². The molecule has 0 aromatic carbocycles. The molecular weight excluding hydrogens is 219 g/mol. The van der Waals surface area contributed by atoms with Gasteiger partial charge in [-0.15, -0.1) is 0 Å². The van der Waals surface area contributed by atoms with Gasteiger partial charge in [0.15, 0.2) is 0 Å². The minimum absolute atomic E-state index is 0.102. The smallest absolute Gasteiger partial charge is 0.303 e. The van der Waals surface area contributed by atoms with Crippen LogP contribution in [0.25, 0.3) is 0 Å². The quantitative estimate of drug-likeness (QED) is 0.553. The van der Waals surface area contributed by atoms with Crippen LogP contribution in [0.15, 0.2) is 23.0 Å². The first-order valence-electron chi connectivity index (χ1n) is 5.74. The lowest BCUT2D eigenvalue weighted by atomic mass is 10.2. The lowest BCUT2D eigenvalue weighted by Crippen LogP contribution is -2.15. The van der Waals surface area contributed by atoms with Gasteiger partial charge in [-0.25, -0.2) is 0 Å². The van der Waals surface area contributed by atoms with E-state index in [1.165, 1.54) is 17.8 Å². The van der Waals surface area contributed by atoms with Crippen LogP contribution in [-0.2, 0) is 9.53 Å². The van der Waals surface area contributed by atoms with Crippen LogP contribution in [-0.4, -0.2) is 24.4 Å². The first-order valence-corrected chi connectivity index (χ1v) is 7.60. The lowest BCUT2D eigenvalue weighted by Gasteiger charge is -2.24. The van der Waals surface area contributed by atoms with Gasteiger partial charge in [-0.2, -0.15) is 0 Å². The molecule has 2 nitrogen and oxygen atoms in total. The van der Waals surface area contributed by atoms with Gasteiger partial charge in [0.25, 0.3) is 0 Å². The molecule has 0 heterocycles. The largest absolute Gasteiger partial charge is 0.458 e. The van der Waals surface area contributed by atoms with Gasteiger partial charge in [-0.1, -0.05) is 33.9 Å². The van der Waals surface area contributed by atoms with E-state index < -0.39 is 0 Å². The summed E-state index contributed by atoms with van der Waals surface area (Å²) in [6.45, 7) is 10.2. The van der Waals surface area contributed by atoms with Crippen LogP contribution >= 0.6 is 7.92 Å². The van der Waals surface area contributed by atoms with Gasteiger partial charge in [-0.3, -0.25) is 4.79 Å². The molecule has 1 unspecified atom stereocenters. The van der Waals surface area contributed by atoms with Crippen LogP contribution in [0.3, 0.4) is 0 Å². The van der Waals surface area contributed by atoms with Gasteiger partial charge >= 0.3 is 5.97 Å². The predicted octanol–water partition coefficient (Wildman–Crippen LogP) is 3.67. The molecular formula is C13H21O2P. The number of carbonyl (C=O) groups is 1. The zero-order valence-corrected chi connectivity index (χ0v) is 11.7. The Morgan fingerprint density at radius 2 is 2.00 bits per heavy atom. The fraction of sp³-hybridized carbons (Fsp3) is 0.615.